The molecule has 0 aromatic carbocycles. The predicted octanol–water partition coefficient (Wildman–Crippen LogP) is 4.95. The highest BCUT2D eigenvalue weighted by Crippen LogP contribution is 2.37. The molecule has 20 heavy (non-hydrogen) atoms. The first-order valence-electron chi connectivity index (χ1n) is 7.04. The topological polar surface area (TPSA) is 37.8 Å². The Morgan fingerprint density at radius 3 is 2.50 bits per heavy atom. The quantitative estimate of drug-likeness (QED) is 0.868. The second kappa shape index (κ2) is 5.82. The Morgan fingerprint density at radius 1 is 1.25 bits per heavy atom. The van der Waals surface area contributed by atoms with Crippen molar-refractivity contribution in [3.8, 4) is 10.6 Å². The number of anilines is 1. The highest BCUT2D eigenvalue weighted by atomic mass is 32.1. The lowest BCUT2D eigenvalue weighted by atomic mass is 9.98. The molecule has 0 fully saturated rings. The van der Waals surface area contributed by atoms with Gasteiger partial charge in [-0.05, 0) is 20.3 Å². The minimum atomic E-state index is 0.0991. The van der Waals surface area contributed by atoms with E-state index in [1.807, 2.05) is 0 Å². The SMILES string of the molecule is CCc1nc(C(C)(C)C)sc1-c1csc(NC(C)C)n1. The van der Waals surface area contributed by atoms with Gasteiger partial charge < -0.3 is 5.32 Å². The van der Waals surface area contributed by atoms with Gasteiger partial charge in [0.25, 0.3) is 0 Å². The van der Waals surface area contributed by atoms with Crippen molar-refractivity contribution in [1.82, 2.24) is 9.97 Å². The normalized spacial score (nSPS) is 12.2. The van der Waals surface area contributed by atoms with Crippen molar-refractivity contribution in [2.75, 3.05) is 5.32 Å². The molecule has 2 heterocycles. The van der Waals surface area contributed by atoms with E-state index < -0.39 is 0 Å². The average Bonchev–Trinajstić information content (AvgIpc) is 2.92. The van der Waals surface area contributed by atoms with E-state index in [1.54, 1.807) is 22.7 Å². The first-order chi connectivity index (χ1) is 9.31. The van der Waals surface area contributed by atoms with Gasteiger partial charge >= 0.3 is 0 Å². The molecular weight excluding hydrogens is 286 g/mol. The summed E-state index contributed by atoms with van der Waals surface area (Å²) in [7, 11) is 0. The molecule has 110 valence electrons. The third-order valence-corrected chi connectivity index (χ3v) is 5.14. The number of aryl methyl sites for hydroxylation is 1. The molecule has 0 unspecified atom stereocenters. The molecule has 1 N–H and O–H groups in total. The van der Waals surface area contributed by atoms with E-state index in [4.69, 9.17) is 9.97 Å². The van der Waals surface area contributed by atoms with Crippen molar-refractivity contribution in [3.05, 3.63) is 16.1 Å². The lowest BCUT2D eigenvalue weighted by molar-refractivity contribution is 0.583. The minimum Gasteiger partial charge on any atom is -0.359 e. The molecule has 0 saturated heterocycles. The maximum absolute atomic E-state index is 4.81. The van der Waals surface area contributed by atoms with Crippen LogP contribution < -0.4 is 5.32 Å². The van der Waals surface area contributed by atoms with Gasteiger partial charge in [0, 0.05) is 16.8 Å². The number of nitrogens with zero attached hydrogens (tertiary/aromatic N) is 2. The van der Waals surface area contributed by atoms with Gasteiger partial charge in [0.1, 0.15) is 0 Å². The van der Waals surface area contributed by atoms with E-state index in [-0.39, 0.29) is 5.41 Å². The number of hydrogen-bond acceptors (Lipinski definition) is 5. The molecule has 0 radical (unpaired) electrons. The Kier molecular flexibility index (Phi) is 4.49. The van der Waals surface area contributed by atoms with E-state index in [2.05, 4.69) is 52.2 Å². The van der Waals surface area contributed by atoms with Crippen molar-refractivity contribution in [2.45, 2.75) is 59.4 Å². The molecule has 0 aliphatic carbocycles. The summed E-state index contributed by atoms with van der Waals surface area (Å²) in [6.45, 7) is 13.0. The van der Waals surface area contributed by atoms with Crippen LogP contribution in [0, 0.1) is 0 Å². The largest absolute Gasteiger partial charge is 0.359 e. The van der Waals surface area contributed by atoms with Crippen molar-refractivity contribution in [2.24, 2.45) is 0 Å². The first-order valence-corrected chi connectivity index (χ1v) is 8.73. The Balaban J connectivity index is 2.36. The molecule has 2 aromatic heterocycles. The van der Waals surface area contributed by atoms with Crippen LogP contribution in [0.25, 0.3) is 10.6 Å². The van der Waals surface area contributed by atoms with Crippen LogP contribution in [-0.4, -0.2) is 16.0 Å². The van der Waals surface area contributed by atoms with Crippen LogP contribution in [0.5, 0.6) is 0 Å². The van der Waals surface area contributed by atoms with Gasteiger partial charge in [-0.15, -0.1) is 22.7 Å². The number of nitrogens with one attached hydrogen (secondary N) is 1. The molecule has 0 bridgehead atoms. The third kappa shape index (κ3) is 3.38. The van der Waals surface area contributed by atoms with E-state index in [9.17, 15) is 0 Å². The number of hydrogen-bond donors (Lipinski definition) is 1. The van der Waals surface area contributed by atoms with Crippen molar-refractivity contribution in [1.29, 1.82) is 0 Å². The molecule has 0 aliphatic rings. The molecule has 0 aliphatic heterocycles. The van der Waals surface area contributed by atoms with Gasteiger partial charge in [0.15, 0.2) is 5.13 Å². The van der Waals surface area contributed by atoms with Gasteiger partial charge in [0.05, 0.1) is 21.3 Å². The predicted molar refractivity (Wildman–Crippen MR) is 90.1 cm³/mol. The fourth-order valence-electron chi connectivity index (χ4n) is 1.80. The second-order valence-corrected chi connectivity index (χ2v) is 8.09. The first kappa shape index (κ1) is 15.4. The molecule has 0 saturated carbocycles. The standard InChI is InChI=1S/C15H23N3S2/c1-7-10-12(20-13(17-10)15(4,5)6)11-8-19-14(18-11)16-9(2)3/h8-9H,7H2,1-6H3,(H,16,18). The van der Waals surface area contributed by atoms with Crippen LogP contribution >= 0.6 is 22.7 Å². The zero-order valence-electron chi connectivity index (χ0n) is 13.1. The fraction of sp³-hybridized carbons (Fsp3) is 0.600. The Morgan fingerprint density at radius 2 is 1.95 bits per heavy atom. The van der Waals surface area contributed by atoms with Crippen LogP contribution in [0.1, 0.15) is 52.2 Å². The second-order valence-electron chi connectivity index (χ2n) is 6.24. The lowest BCUT2D eigenvalue weighted by Gasteiger charge is -2.13. The summed E-state index contributed by atoms with van der Waals surface area (Å²) in [5.74, 6) is 0. The molecule has 0 spiro atoms. The molecule has 5 heteroatoms. The smallest absolute Gasteiger partial charge is 0.183 e. The fourth-order valence-corrected chi connectivity index (χ4v) is 3.90. The van der Waals surface area contributed by atoms with Gasteiger partial charge in [-0.2, -0.15) is 0 Å². The lowest BCUT2D eigenvalue weighted by Crippen LogP contribution is -2.10. The monoisotopic (exact) mass is 309 g/mol. The van der Waals surface area contributed by atoms with Crippen LogP contribution in [0.15, 0.2) is 5.38 Å². The van der Waals surface area contributed by atoms with Crippen molar-refractivity contribution in [3.63, 3.8) is 0 Å². The van der Waals surface area contributed by atoms with Crippen LogP contribution in [-0.2, 0) is 11.8 Å². The highest BCUT2D eigenvalue weighted by Gasteiger charge is 2.22. The minimum absolute atomic E-state index is 0.0991. The zero-order chi connectivity index (χ0) is 14.9. The molecule has 2 aromatic rings. The molecule has 0 amide bonds. The van der Waals surface area contributed by atoms with Gasteiger partial charge in [-0.25, -0.2) is 9.97 Å². The van der Waals surface area contributed by atoms with E-state index in [0.29, 0.717) is 6.04 Å². The van der Waals surface area contributed by atoms with E-state index in [1.165, 1.54) is 15.6 Å². The highest BCUT2D eigenvalue weighted by molar-refractivity contribution is 7.17. The summed E-state index contributed by atoms with van der Waals surface area (Å²) in [5, 5.41) is 7.67. The maximum atomic E-state index is 4.81. The Bertz CT molecular complexity index is 576. The molecule has 3 nitrogen and oxygen atoms in total. The molecule has 0 atom stereocenters. The number of rotatable bonds is 4. The zero-order valence-corrected chi connectivity index (χ0v) is 14.7. The third-order valence-electron chi connectivity index (χ3n) is 2.82. The summed E-state index contributed by atoms with van der Waals surface area (Å²) in [6.07, 6.45) is 0.951. The summed E-state index contributed by atoms with van der Waals surface area (Å²) in [6, 6.07) is 0.409. The number of thiazole rings is 2. The number of aromatic nitrogens is 2. The Hall–Kier alpha value is -0.940. The summed E-state index contributed by atoms with van der Waals surface area (Å²) in [5.41, 5.74) is 2.33. The average molecular weight is 310 g/mol. The van der Waals surface area contributed by atoms with Crippen molar-refractivity contribution < 1.29 is 0 Å². The van der Waals surface area contributed by atoms with Gasteiger partial charge in [-0.3, -0.25) is 0 Å². The summed E-state index contributed by atoms with van der Waals surface area (Å²) in [4.78, 5) is 10.7. The maximum Gasteiger partial charge on any atom is 0.183 e. The van der Waals surface area contributed by atoms with Crippen LogP contribution in [0.3, 0.4) is 0 Å². The van der Waals surface area contributed by atoms with Gasteiger partial charge in [-0.1, -0.05) is 27.7 Å². The van der Waals surface area contributed by atoms with Crippen molar-refractivity contribution >= 4 is 27.8 Å². The Labute approximate surface area is 129 Å². The van der Waals surface area contributed by atoms with Gasteiger partial charge in [0.2, 0.25) is 0 Å². The van der Waals surface area contributed by atoms with E-state index in [0.717, 1.165) is 17.2 Å². The molecular formula is C15H23N3S2. The van der Waals surface area contributed by atoms with Crippen LogP contribution in [0.2, 0.25) is 0 Å². The molecule has 2 rings (SSSR count). The van der Waals surface area contributed by atoms with Crippen LogP contribution in [0.4, 0.5) is 5.13 Å². The summed E-state index contributed by atoms with van der Waals surface area (Å²) < 4.78 is 0. The summed E-state index contributed by atoms with van der Waals surface area (Å²) >= 11 is 3.45. The van der Waals surface area contributed by atoms with E-state index >= 15 is 0 Å².